The molecule has 0 spiro atoms. The molecule has 1 aromatic rings. The van der Waals surface area contributed by atoms with Crippen molar-refractivity contribution < 1.29 is 21.4 Å². The molecule has 0 amide bonds. The number of rotatable bonds is 2. The zero-order valence-electron chi connectivity index (χ0n) is 11.2. The molecule has 1 heterocycles. The van der Waals surface area contributed by atoms with Gasteiger partial charge in [-0.1, -0.05) is 17.7 Å². The van der Waals surface area contributed by atoms with Crippen molar-refractivity contribution in [3.8, 4) is 0 Å². The average molecular weight is 319 g/mol. The van der Waals surface area contributed by atoms with E-state index in [2.05, 4.69) is 5.32 Å². The molecule has 0 radical (unpaired) electrons. The predicted molar refractivity (Wildman–Crippen MR) is 76.8 cm³/mol. The van der Waals surface area contributed by atoms with Crippen LogP contribution < -0.4 is 5.32 Å². The Balaban J connectivity index is 0.000000204. The normalized spacial score (nSPS) is 14.8. The first-order chi connectivity index (χ1) is 9.08. The Morgan fingerprint density at radius 2 is 1.60 bits per heavy atom. The molecule has 1 aliphatic rings. The molecule has 0 atom stereocenters. The summed E-state index contributed by atoms with van der Waals surface area (Å²) in [5, 5.41) is 4.27. The van der Waals surface area contributed by atoms with Gasteiger partial charge in [0.05, 0.1) is 4.90 Å². The minimum Gasteiger partial charge on any atom is -0.309 e. The highest BCUT2D eigenvalue weighted by molar-refractivity contribution is 7.93. The molecular weight excluding hydrogens is 302 g/mol. The van der Waals surface area contributed by atoms with Crippen LogP contribution in [0.1, 0.15) is 5.56 Å². The molecule has 1 aliphatic heterocycles. The van der Waals surface area contributed by atoms with Gasteiger partial charge in [0.15, 0.2) is 9.84 Å². The predicted octanol–water partition coefficient (Wildman–Crippen LogP) is 0.760. The number of hydrogen-bond acceptors (Lipinski definition) is 5. The summed E-state index contributed by atoms with van der Waals surface area (Å²) in [6.45, 7) is 3.30. The van der Waals surface area contributed by atoms with Crippen molar-refractivity contribution in [3.63, 3.8) is 0 Å². The minimum atomic E-state index is -4.02. The molecule has 1 saturated heterocycles. The maximum Gasteiger partial charge on any atom is 0.294 e. The van der Waals surface area contributed by atoms with E-state index < -0.39 is 20.0 Å². The number of benzene rings is 1. The van der Waals surface area contributed by atoms with E-state index in [1.54, 1.807) is 12.1 Å². The summed E-state index contributed by atoms with van der Waals surface area (Å²) in [6.07, 6.45) is 1.21. The van der Waals surface area contributed by atoms with Crippen molar-refractivity contribution >= 4 is 20.0 Å². The molecular formula is C12H17NO5S2. The lowest BCUT2D eigenvalue weighted by Crippen LogP contribution is -2.34. The van der Waals surface area contributed by atoms with Gasteiger partial charge in [0, 0.05) is 24.8 Å². The van der Waals surface area contributed by atoms with Gasteiger partial charge in [-0.2, -0.15) is 8.42 Å². The SMILES string of the molecule is CS(=O)(=O)C=C1CNC1.Cc1ccc(S(=O)(=O)O)cc1. The Labute approximate surface area is 119 Å². The minimum absolute atomic E-state index is 0.0666. The van der Waals surface area contributed by atoms with Gasteiger partial charge in [-0.15, -0.1) is 0 Å². The summed E-state index contributed by atoms with van der Waals surface area (Å²) in [5.74, 6) is 0. The van der Waals surface area contributed by atoms with E-state index in [1.807, 2.05) is 6.92 Å². The van der Waals surface area contributed by atoms with E-state index >= 15 is 0 Å². The van der Waals surface area contributed by atoms with Crippen molar-refractivity contribution in [2.24, 2.45) is 0 Å². The zero-order chi connectivity index (χ0) is 15.4. The van der Waals surface area contributed by atoms with Crippen LogP contribution in [0.3, 0.4) is 0 Å². The van der Waals surface area contributed by atoms with Gasteiger partial charge >= 0.3 is 0 Å². The topological polar surface area (TPSA) is 101 Å². The van der Waals surface area contributed by atoms with Gasteiger partial charge in [-0.05, 0) is 24.6 Å². The summed E-state index contributed by atoms with van der Waals surface area (Å²) in [7, 11) is -6.91. The average Bonchev–Trinajstić information content (AvgIpc) is 2.23. The van der Waals surface area contributed by atoms with Crippen LogP contribution in [0.5, 0.6) is 0 Å². The van der Waals surface area contributed by atoms with Gasteiger partial charge in [-0.3, -0.25) is 4.55 Å². The molecule has 0 aliphatic carbocycles. The van der Waals surface area contributed by atoms with Crippen LogP contribution in [0.4, 0.5) is 0 Å². The Morgan fingerprint density at radius 1 is 1.10 bits per heavy atom. The van der Waals surface area contributed by atoms with Crippen LogP contribution >= 0.6 is 0 Å². The van der Waals surface area contributed by atoms with Gasteiger partial charge in [0.2, 0.25) is 0 Å². The van der Waals surface area contributed by atoms with Crippen molar-refractivity contribution in [1.82, 2.24) is 5.32 Å². The van der Waals surface area contributed by atoms with E-state index in [4.69, 9.17) is 4.55 Å². The molecule has 2 N–H and O–H groups in total. The summed E-state index contributed by atoms with van der Waals surface area (Å²) < 4.78 is 50.6. The fraction of sp³-hybridized carbons (Fsp3) is 0.333. The monoisotopic (exact) mass is 319 g/mol. The highest BCUT2D eigenvalue weighted by Crippen LogP contribution is 2.08. The lowest BCUT2D eigenvalue weighted by Gasteiger charge is -2.17. The Kier molecular flexibility index (Phi) is 5.46. The first kappa shape index (κ1) is 16.8. The largest absolute Gasteiger partial charge is 0.309 e. The van der Waals surface area contributed by atoms with Crippen LogP contribution in [0.2, 0.25) is 0 Å². The van der Waals surface area contributed by atoms with Crippen molar-refractivity contribution in [1.29, 1.82) is 0 Å². The Bertz CT molecular complexity index is 682. The second-order valence-corrected chi connectivity index (χ2v) is 7.81. The smallest absolute Gasteiger partial charge is 0.294 e. The van der Waals surface area contributed by atoms with Gasteiger partial charge < -0.3 is 5.32 Å². The highest BCUT2D eigenvalue weighted by Gasteiger charge is 2.09. The third-order valence-corrected chi connectivity index (χ3v) is 4.03. The van der Waals surface area contributed by atoms with Gasteiger partial charge in [0.25, 0.3) is 10.1 Å². The molecule has 0 saturated carbocycles. The lowest BCUT2D eigenvalue weighted by molar-refractivity contribution is 0.483. The Hall–Kier alpha value is -1.22. The van der Waals surface area contributed by atoms with E-state index in [1.165, 1.54) is 23.8 Å². The summed E-state index contributed by atoms with van der Waals surface area (Å²) >= 11 is 0. The molecule has 1 fully saturated rings. The second kappa shape index (κ2) is 6.49. The molecule has 0 unspecified atom stereocenters. The second-order valence-electron chi connectivity index (χ2n) is 4.50. The maximum absolute atomic E-state index is 10.5. The first-order valence-corrected chi connectivity index (χ1v) is 9.12. The van der Waals surface area contributed by atoms with Crippen LogP contribution in [-0.2, 0) is 20.0 Å². The quantitative estimate of drug-likeness (QED) is 0.781. The van der Waals surface area contributed by atoms with Crippen LogP contribution in [-0.4, -0.2) is 40.7 Å². The molecule has 2 rings (SSSR count). The molecule has 6 nitrogen and oxygen atoms in total. The summed E-state index contributed by atoms with van der Waals surface area (Å²) in [5.41, 5.74) is 1.93. The number of aryl methyl sites for hydroxylation is 1. The third kappa shape index (κ3) is 6.29. The van der Waals surface area contributed by atoms with E-state index in [0.29, 0.717) is 0 Å². The zero-order valence-corrected chi connectivity index (χ0v) is 12.8. The fourth-order valence-electron chi connectivity index (χ4n) is 1.37. The third-order valence-electron chi connectivity index (χ3n) is 2.40. The highest BCUT2D eigenvalue weighted by atomic mass is 32.2. The van der Waals surface area contributed by atoms with E-state index in [9.17, 15) is 16.8 Å². The number of nitrogens with one attached hydrogen (secondary N) is 1. The summed E-state index contributed by atoms with van der Waals surface area (Å²) in [6, 6.07) is 5.99. The molecule has 112 valence electrons. The maximum atomic E-state index is 10.5. The molecule has 20 heavy (non-hydrogen) atoms. The van der Waals surface area contributed by atoms with E-state index in [-0.39, 0.29) is 4.90 Å². The van der Waals surface area contributed by atoms with Gasteiger partial charge in [0.1, 0.15) is 0 Å². The summed E-state index contributed by atoms with van der Waals surface area (Å²) in [4.78, 5) is -0.0666. The van der Waals surface area contributed by atoms with Crippen LogP contribution in [0.15, 0.2) is 40.1 Å². The van der Waals surface area contributed by atoms with Crippen molar-refractivity contribution in [2.45, 2.75) is 11.8 Å². The van der Waals surface area contributed by atoms with Gasteiger partial charge in [-0.25, -0.2) is 8.42 Å². The van der Waals surface area contributed by atoms with E-state index in [0.717, 1.165) is 24.2 Å². The van der Waals surface area contributed by atoms with Crippen molar-refractivity contribution in [2.75, 3.05) is 19.3 Å². The number of hydrogen-bond donors (Lipinski definition) is 2. The lowest BCUT2D eigenvalue weighted by atomic mass is 10.2. The number of sulfone groups is 1. The van der Waals surface area contributed by atoms with Crippen LogP contribution in [0.25, 0.3) is 0 Å². The van der Waals surface area contributed by atoms with Crippen molar-refractivity contribution in [3.05, 3.63) is 40.8 Å². The fourth-order valence-corrected chi connectivity index (χ4v) is 2.62. The molecule has 8 heteroatoms. The standard InChI is InChI=1S/C7H8O3S.C5H9NO2S/c1-6-2-4-7(5-3-6)11(8,9)10;1-9(7,8)4-5-2-6-3-5/h2-5H,1H3,(H,8,9,10);4,6H,2-3H2,1H3. The van der Waals surface area contributed by atoms with Crippen LogP contribution in [0, 0.1) is 6.92 Å². The first-order valence-electron chi connectivity index (χ1n) is 5.72. The Morgan fingerprint density at radius 3 is 1.85 bits per heavy atom. The molecule has 1 aromatic carbocycles. The molecule has 0 bridgehead atoms. The molecule has 0 aromatic heterocycles.